The van der Waals surface area contributed by atoms with Crippen molar-refractivity contribution in [2.24, 2.45) is 11.8 Å². The highest BCUT2D eigenvalue weighted by molar-refractivity contribution is 5.43. The van der Waals surface area contributed by atoms with Gasteiger partial charge in [0.25, 0.3) is 0 Å². The summed E-state index contributed by atoms with van der Waals surface area (Å²) in [6.07, 6.45) is 8.97. The van der Waals surface area contributed by atoms with Crippen LogP contribution in [0.15, 0.2) is 0 Å². The number of anilines is 3. The maximum atomic E-state index is 5.47. The van der Waals surface area contributed by atoms with E-state index in [1.54, 1.807) is 0 Å². The number of nitrogen functional groups attached to an aromatic ring is 1. The van der Waals surface area contributed by atoms with Crippen LogP contribution in [0, 0.1) is 5.92 Å². The van der Waals surface area contributed by atoms with Crippen LogP contribution in [0.5, 0.6) is 0 Å². The lowest BCUT2D eigenvalue weighted by molar-refractivity contribution is 0.567. The van der Waals surface area contributed by atoms with Gasteiger partial charge in [-0.05, 0) is 38.0 Å². The van der Waals surface area contributed by atoms with Crippen molar-refractivity contribution in [3.05, 3.63) is 0 Å². The number of nitrogens with zero attached hydrogens (tertiary/aromatic N) is 4. The van der Waals surface area contributed by atoms with Gasteiger partial charge in [0.15, 0.2) is 0 Å². The monoisotopic (exact) mass is 291 g/mol. The van der Waals surface area contributed by atoms with Crippen molar-refractivity contribution in [1.82, 2.24) is 15.0 Å². The molecule has 2 heterocycles. The first-order chi connectivity index (χ1) is 10.3. The van der Waals surface area contributed by atoms with E-state index >= 15 is 0 Å². The van der Waals surface area contributed by atoms with Crippen LogP contribution in [-0.4, -0.2) is 34.6 Å². The van der Waals surface area contributed by atoms with Crippen molar-refractivity contribution in [1.29, 1.82) is 0 Å². The number of hydrazine groups is 1. The van der Waals surface area contributed by atoms with Gasteiger partial charge in [0, 0.05) is 19.6 Å². The first kappa shape index (κ1) is 14.3. The molecule has 0 spiro atoms. The van der Waals surface area contributed by atoms with Gasteiger partial charge in [0.05, 0.1) is 0 Å². The van der Waals surface area contributed by atoms with E-state index in [4.69, 9.17) is 5.84 Å². The summed E-state index contributed by atoms with van der Waals surface area (Å²) >= 11 is 0. The van der Waals surface area contributed by atoms with Gasteiger partial charge in [-0.2, -0.15) is 15.0 Å². The summed E-state index contributed by atoms with van der Waals surface area (Å²) < 4.78 is 0. The van der Waals surface area contributed by atoms with Crippen molar-refractivity contribution in [3.8, 4) is 0 Å². The minimum absolute atomic E-state index is 0.426. The van der Waals surface area contributed by atoms with Crippen LogP contribution in [0.4, 0.5) is 17.8 Å². The van der Waals surface area contributed by atoms with E-state index < -0.39 is 0 Å². The van der Waals surface area contributed by atoms with Crippen LogP contribution in [-0.2, 0) is 0 Å². The predicted octanol–water partition coefficient (Wildman–Crippen LogP) is 1.75. The predicted molar refractivity (Wildman–Crippen MR) is 84.1 cm³/mol. The van der Waals surface area contributed by atoms with Gasteiger partial charge in [-0.25, -0.2) is 5.84 Å². The molecule has 1 aliphatic carbocycles. The zero-order valence-electron chi connectivity index (χ0n) is 12.5. The van der Waals surface area contributed by atoms with E-state index in [-0.39, 0.29) is 0 Å². The smallest absolute Gasteiger partial charge is 0.243 e. The van der Waals surface area contributed by atoms with Crippen molar-refractivity contribution in [3.63, 3.8) is 0 Å². The molecule has 4 N–H and O–H groups in total. The summed E-state index contributed by atoms with van der Waals surface area (Å²) in [6, 6.07) is 0. The average Bonchev–Trinajstić information content (AvgIpc) is 3.36. The van der Waals surface area contributed by atoms with Gasteiger partial charge in [0.2, 0.25) is 17.8 Å². The molecule has 0 atom stereocenters. The molecule has 0 amide bonds. The summed E-state index contributed by atoms with van der Waals surface area (Å²) in [4.78, 5) is 15.4. The third-order valence-corrected chi connectivity index (χ3v) is 4.16. The molecule has 2 aliphatic rings. The normalized spacial score (nSPS) is 18.6. The Morgan fingerprint density at radius 3 is 2.52 bits per heavy atom. The molecule has 0 unspecified atom stereocenters. The van der Waals surface area contributed by atoms with Gasteiger partial charge in [0.1, 0.15) is 0 Å². The molecule has 2 fully saturated rings. The summed E-state index contributed by atoms with van der Waals surface area (Å²) in [5, 5.41) is 3.30. The van der Waals surface area contributed by atoms with Crippen molar-refractivity contribution < 1.29 is 0 Å². The number of nitrogens with one attached hydrogen (secondary N) is 2. The van der Waals surface area contributed by atoms with Crippen molar-refractivity contribution in [2.45, 2.75) is 44.9 Å². The Morgan fingerprint density at radius 1 is 1.05 bits per heavy atom. The molecule has 116 valence electrons. The Labute approximate surface area is 125 Å². The first-order valence-electron chi connectivity index (χ1n) is 8.06. The maximum absolute atomic E-state index is 5.47. The van der Waals surface area contributed by atoms with E-state index in [2.05, 4.69) is 30.6 Å². The third-order valence-electron chi connectivity index (χ3n) is 4.16. The zero-order chi connectivity index (χ0) is 14.5. The topological polar surface area (TPSA) is 92.0 Å². The second-order valence-electron chi connectivity index (χ2n) is 5.99. The SMILES string of the molecule is NNc1nc(NCCCC2CC2)nc(N2CCCCC2)n1. The Hall–Kier alpha value is -1.63. The molecule has 0 bridgehead atoms. The second kappa shape index (κ2) is 6.89. The minimum Gasteiger partial charge on any atom is -0.354 e. The number of piperidine rings is 1. The fraction of sp³-hybridized carbons (Fsp3) is 0.786. The first-order valence-corrected chi connectivity index (χ1v) is 8.06. The molecule has 1 saturated heterocycles. The van der Waals surface area contributed by atoms with Crippen molar-refractivity contribution in [2.75, 3.05) is 35.3 Å². The molecule has 0 radical (unpaired) electrons. The van der Waals surface area contributed by atoms with Crippen LogP contribution >= 0.6 is 0 Å². The summed E-state index contributed by atoms with van der Waals surface area (Å²) in [7, 11) is 0. The van der Waals surface area contributed by atoms with E-state index in [9.17, 15) is 0 Å². The largest absolute Gasteiger partial charge is 0.354 e. The Bertz CT molecular complexity index is 455. The number of hydrogen-bond acceptors (Lipinski definition) is 7. The van der Waals surface area contributed by atoms with Gasteiger partial charge in [-0.15, -0.1) is 0 Å². The van der Waals surface area contributed by atoms with Gasteiger partial charge in [-0.3, -0.25) is 5.43 Å². The highest BCUT2D eigenvalue weighted by Crippen LogP contribution is 2.33. The fourth-order valence-corrected chi connectivity index (χ4v) is 2.74. The van der Waals surface area contributed by atoms with Crippen LogP contribution in [0.1, 0.15) is 44.9 Å². The maximum Gasteiger partial charge on any atom is 0.243 e. The average molecular weight is 291 g/mol. The lowest BCUT2D eigenvalue weighted by Gasteiger charge is -2.26. The van der Waals surface area contributed by atoms with Crippen molar-refractivity contribution >= 4 is 17.8 Å². The molecule has 7 nitrogen and oxygen atoms in total. The highest BCUT2D eigenvalue weighted by atomic mass is 15.4. The summed E-state index contributed by atoms with van der Waals surface area (Å²) in [5.41, 5.74) is 2.54. The number of rotatable bonds is 7. The van der Waals surface area contributed by atoms with Crippen LogP contribution in [0.3, 0.4) is 0 Å². The lowest BCUT2D eigenvalue weighted by atomic mass is 10.1. The van der Waals surface area contributed by atoms with Gasteiger partial charge < -0.3 is 10.2 Å². The third kappa shape index (κ3) is 4.17. The van der Waals surface area contributed by atoms with Crippen LogP contribution < -0.4 is 21.5 Å². The zero-order valence-corrected chi connectivity index (χ0v) is 12.5. The molecule has 3 rings (SSSR count). The summed E-state index contributed by atoms with van der Waals surface area (Å²) in [6.45, 7) is 2.92. The Morgan fingerprint density at radius 2 is 1.81 bits per heavy atom. The van der Waals surface area contributed by atoms with E-state index in [1.807, 2.05) is 0 Å². The molecular formula is C14H25N7. The second-order valence-corrected chi connectivity index (χ2v) is 5.99. The standard InChI is InChI=1S/C14H25N7/c15-20-13-17-12(16-8-4-5-11-6-7-11)18-14(19-13)21-9-2-1-3-10-21/h11H,1-10,15H2,(H2,16,17,18,19,20). The number of nitrogens with two attached hydrogens (primary N) is 1. The lowest BCUT2D eigenvalue weighted by Crippen LogP contribution is -2.31. The van der Waals surface area contributed by atoms with E-state index in [1.165, 1.54) is 44.9 Å². The molecule has 1 aliphatic heterocycles. The minimum atomic E-state index is 0.426. The van der Waals surface area contributed by atoms with E-state index in [0.717, 1.165) is 31.5 Å². The fourth-order valence-electron chi connectivity index (χ4n) is 2.74. The molecule has 0 aromatic carbocycles. The van der Waals surface area contributed by atoms with Gasteiger partial charge in [-0.1, -0.05) is 12.8 Å². The van der Waals surface area contributed by atoms with Crippen LogP contribution in [0.25, 0.3) is 0 Å². The highest BCUT2D eigenvalue weighted by Gasteiger charge is 2.20. The molecule has 1 aromatic rings. The molecule has 7 heteroatoms. The molecular weight excluding hydrogens is 266 g/mol. The quantitative estimate of drug-likeness (QED) is 0.400. The molecule has 21 heavy (non-hydrogen) atoms. The van der Waals surface area contributed by atoms with E-state index in [0.29, 0.717) is 11.9 Å². The van der Waals surface area contributed by atoms with Gasteiger partial charge >= 0.3 is 0 Å². The number of hydrogen-bond donors (Lipinski definition) is 3. The Balaban J connectivity index is 1.60. The molecule has 1 aromatic heterocycles. The summed E-state index contributed by atoms with van der Waals surface area (Å²) in [5.74, 6) is 8.21. The molecule has 1 saturated carbocycles. The Kier molecular flexibility index (Phi) is 4.69. The van der Waals surface area contributed by atoms with Crippen LogP contribution in [0.2, 0.25) is 0 Å². The number of aromatic nitrogens is 3.